The number of alkyl halides is 3. The largest absolute Gasteiger partial charge is 0.471 e. The van der Waals surface area contributed by atoms with E-state index in [-0.39, 0.29) is 37.6 Å². The van der Waals surface area contributed by atoms with Gasteiger partial charge in [-0.15, -0.1) is 0 Å². The topological polar surface area (TPSA) is 126 Å². The van der Waals surface area contributed by atoms with Gasteiger partial charge >= 0.3 is 12.1 Å². The summed E-state index contributed by atoms with van der Waals surface area (Å²) in [7, 11) is -0.545. The highest BCUT2D eigenvalue weighted by Gasteiger charge is 2.38. The lowest BCUT2D eigenvalue weighted by atomic mass is 10.1. The van der Waals surface area contributed by atoms with Gasteiger partial charge in [0.15, 0.2) is 9.03 Å². The van der Waals surface area contributed by atoms with E-state index in [1.165, 1.54) is 0 Å². The van der Waals surface area contributed by atoms with Crippen molar-refractivity contribution in [1.82, 2.24) is 16.0 Å². The number of hydrogen-bond donors (Lipinski definition) is 5. The lowest BCUT2D eigenvalue weighted by molar-refractivity contribution is -0.173. The highest BCUT2D eigenvalue weighted by atomic mass is 32.1. The second-order valence-corrected chi connectivity index (χ2v) is 8.03. The number of halogens is 3. The Kier molecular flexibility index (Phi) is 19.6. The molecule has 9 nitrogen and oxygen atoms in total. The summed E-state index contributed by atoms with van der Waals surface area (Å²) in [5, 5.41) is 7.23. The van der Waals surface area contributed by atoms with Gasteiger partial charge in [-0.2, -0.15) is 13.2 Å². The molecule has 0 aliphatic rings. The predicted octanol–water partition coefficient (Wildman–Crippen LogP) is 2.55. The summed E-state index contributed by atoms with van der Waals surface area (Å²) in [4.78, 5) is 44.1. The molecule has 14 heteroatoms. The van der Waals surface area contributed by atoms with Crippen LogP contribution in [-0.2, 0) is 23.1 Å². The molecule has 0 spiro atoms. The minimum absolute atomic E-state index is 0.176. The summed E-state index contributed by atoms with van der Waals surface area (Å²) in [6.45, 7) is 1.14. The molecule has 0 aromatic rings. The van der Waals surface area contributed by atoms with Crippen molar-refractivity contribution in [3.05, 3.63) is 0 Å². The Morgan fingerprint density at radius 3 is 2.21 bits per heavy atom. The maximum Gasteiger partial charge on any atom is 0.471 e. The van der Waals surface area contributed by atoms with Crippen molar-refractivity contribution >= 4 is 39.7 Å². The van der Waals surface area contributed by atoms with Crippen molar-refractivity contribution in [2.75, 3.05) is 26.3 Å². The molecule has 2 unspecified atom stereocenters. The first-order chi connectivity index (χ1) is 15.7. The number of unbranched alkanes of at least 4 members (excludes halogenated alkanes) is 5. The van der Waals surface area contributed by atoms with Crippen LogP contribution < -0.4 is 16.0 Å². The Morgan fingerprint density at radius 1 is 0.909 bits per heavy atom. The van der Waals surface area contributed by atoms with Gasteiger partial charge in [0.2, 0.25) is 11.8 Å². The minimum atomic E-state index is -4.93. The number of rotatable bonds is 20. The van der Waals surface area contributed by atoms with Crippen molar-refractivity contribution in [2.45, 2.75) is 76.4 Å². The van der Waals surface area contributed by atoms with Crippen LogP contribution in [0.3, 0.4) is 0 Å². The van der Waals surface area contributed by atoms with Crippen LogP contribution in [0.15, 0.2) is 0 Å². The van der Waals surface area contributed by atoms with Gasteiger partial charge in [-0.3, -0.25) is 14.4 Å². The van der Waals surface area contributed by atoms with E-state index in [0.29, 0.717) is 39.0 Å². The average molecular weight is 522 g/mol. The van der Waals surface area contributed by atoms with Crippen molar-refractivity contribution in [1.29, 1.82) is 0 Å². The van der Waals surface area contributed by atoms with E-state index in [9.17, 15) is 27.6 Å². The molecule has 0 fully saturated rings. The van der Waals surface area contributed by atoms with E-state index < -0.39 is 27.2 Å². The van der Waals surface area contributed by atoms with Gasteiger partial charge in [-0.25, -0.2) is 0 Å². The zero-order valence-corrected chi connectivity index (χ0v) is 20.4. The molecule has 3 amide bonds. The summed E-state index contributed by atoms with van der Waals surface area (Å²) in [6.07, 6.45) is 0.492. The number of carbonyl (C=O) groups is 3. The zero-order valence-electron chi connectivity index (χ0n) is 18.5. The van der Waals surface area contributed by atoms with Crippen molar-refractivity contribution < 1.29 is 41.2 Å². The number of carbonyl (C=O) groups excluding carboxylic acids is 3. The van der Waals surface area contributed by atoms with Crippen LogP contribution >= 0.6 is 21.9 Å². The summed E-state index contributed by atoms with van der Waals surface area (Å²) >= 11 is 3.64. The first kappa shape index (κ1) is 31.9. The van der Waals surface area contributed by atoms with E-state index in [1.807, 2.05) is 0 Å². The first-order valence-electron chi connectivity index (χ1n) is 10.9. The molecule has 33 heavy (non-hydrogen) atoms. The molecule has 0 rings (SSSR count). The Labute approximate surface area is 199 Å². The average Bonchev–Trinajstić information content (AvgIpc) is 2.76. The highest BCUT2D eigenvalue weighted by Crippen LogP contribution is 2.14. The number of nitrogens with one attached hydrogen (secondary N) is 3. The fourth-order valence-electron chi connectivity index (χ4n) is 2.80. The van der Waals surface area contributed by atoms with Crippen molar-refractivity contribution in [3.8, 4) is 0 Å². The smallest absolute Gasteiger partial charge is 0.354 e. The van der Waals surface area contributed by atoms with Crippen LogP contribution in [0.4, 0.5) is 13.2 Å². The van der Waals surface area contributed by atoms with Gasteiger partial charge in [0.1, 0.15) is 6.04 Å². The zero-order chi connectivity index (χ0) is 25.0. The van der Waals surface area contributed by atoms with Crippen molar-refractivity contribution in [3.63, 3.8) is 0 Å². The third kappa shape index (κ3) is 18.9. The molecule has 0 saturated carbocycles. The Hall–Kier alpha value is -1.14. The van der Waals surface area contributed by atoms with Gasteiger partial charge in [0.05, 0.1) is 13.2 Å². The molecule has 0 aromatic heterocycles. The van der Waals surface area contributed by atoms with Crippen molar-refractivity contribution in [2.24, 2.45) is 0 Å². The molecule has 4 N–H and O–H groups in total. The Bertz CT molecular complexity index is 561. The molecule has 0 saturated heterocycles. The molecule has 0 aromatic carbocycles. The predicted molar refractivity (Wildman–Crippen MR) is 122 cm³/mol. The molecular formula is C19H35F3N3O6PS. The second kappa shape index (κ2) is 20.3. The number of thiol groups is 1. The van der Waals surface area contributed by atoms with Gasteiger partial charge < -0.3 is 29.6 Å². The van der Waals surface area contributed by atoms with Gasteiger partial charge in [-0.1, -0.05) is 6.42 Å². The molecule has 194 valence electrons. The molecule has 0 radical (unpaired) electrons. The molecule has 0 aliphatic carbocycles. The molecule has 0 aliphatic heterocycles. The number of amides is 3. The quantitative estimate of drug-likeness (QED) is 0.0726. The van der Waals surface area contributed by atoms with Gasteiger partial charge in [0.25, 0.3) is 0 Å². The third-order valence-electron chi connectivity index (χ3n) is 4.54. The highest BCUT2D eigenvalue weighted by molar-refractivity contribution is 7.75. The van der Waals surface area contributed by atoms with E-state index in [0.717, 1.165) is 25.7 Å². The van der Waals surface area contributed by atoms with E-state index in [1.54, 1.807) is 5.32 Å². The standard InChI is InChI=1S/C19H35F3N3O6PS/c20-19(21,22)18(28)24-12-6-4-9-15(25-16(26)10-3-1-8-14-31-33)17(27)23-11-5-2-7-13-30-32-29/h15,29,32-33H,1-14H2,(H,23,27)(H,24,28)(H,25,26). The molecule has 0 bridgehead atoms. The fourth-order valence-corrected chi connectivity index (χ4v) is 3.16. The summed E-state index contributed by atoms with van der Waals surface area (Å²) in [5.74, 6) is -2.65. The lowest BCUT2D eigenvalue weighted by Crippen LogP contribution is -2.47. The molecule has 2 atom stereocenters. The van der Waals surface area contributed by atoms with E-state index in [4.69, 9.17) is 9.42 Å². The van der Waals surface area contributed by atoms with Gasteiger partial charge in [0, 0.05) is 19.5 Å². The van der Waals surface area contributed by atoms with E-state index in [2.05, 4.69) is 27.7 Å². The van der Waals surface area contributed by atoms with Crippen LogP contribution in [0.1, 0.15) is 64.2 Å². The monoisotopic (exact) mass is 521 g/mol. The normalized spacial score (nSPS) is 12.6. The van der Waals surface area contributed by atoms with Crippen LogP contribution in [0, 0.1) is 0 Å². The second-order valence-electron chi connectivity index (χ2n) is 7.30. The Morgan fingerprint density at radius 2 is 1.55 bits per heavy atom. The van der Waals surface area contributed by atoms with Crippen LogP contribution in [0.2, 0.25) is 0 Å². The first-order valence-corrected chi connectivity index (χ1v) is 12.1. The van der Waals surface area contributed by atoms with Crippen LogP contribution in [-0.4, -0.2) is 61.1 Å². The number of hydrogen-bond acceptors (Lipinski definition) is 7. The Balaban J connectivity index is 4.42. The van der Waals surface area contributed by atoms with Crippen LogP contribution in [0.25, 0.3) is 0 Å². The fraction of sp³-hybridized carbons (Fsp3) is 0.842. The van der Waals surface area contributed by atoms with E-state index >= 15 is 0 Å². The summed E-state index contributed by atoms with van der Waals surface area (Å²) in [6, 6.07) is -0.810. The molecule has 0 heterocycles. The third-order valence-corrected chi connectivity index (χ3v) is 5.06. The summed E-state index contributed by atoms with van der Waals surface area (Å²) in [5.41, 5.74) is 0. The maximum absolute atomic E-state index is 12.5. The summed E-state index contributed by atoms with van der Waals surface area (Å²) < 4.78 is 46.1. The molecular weight excluding hydrogens is 486 g/mol. The maximum atomic E-state index is 12.5. The van der Waals surface area contributed by atoms with Crippen LogP contribution in [0.5, 0.6) is 0 Å². The lowest BCUT2D eigenvalue weighted by Gasteiger charge is -2.19. The SMILES string of the molecule is O=C(CCCCCOS)NC(CCCCNC(=O)C(F)(F)F)C(=O)NCCCCCOPO. The minimum Gasteiger partial charge on any atom is -0.354 e. The van der Waals surface area contributed by atoms with Gasteiger partial charge in [-0.05, 0) is 64.3 Å².